The second-order valence-electron chi connectivity index (χ2n) is 5.85. The number of nitrogens with two attached hydrogens (primary N) is 1. The molecule has 0 aliphatic carbocycles. The van der Waals surface area contributed by atoms with Crippen LogP contribution >= 0.6 is 0 Å². The fourth-order valence-corrected chi connectivity index (χ4v) is 2.72. The highest BCUT2D eigenvalue weighted by Crippen LogP contribution is 2.14. The molecule has 0 fully saturated rings. The van der Waals surface area contributed by atoms with E-state index in [1.54, 1.807) is 0 Å². The number of hydrogen-bond donors (Lipinski definition) is 1. The van der Waals surface area contributed by atoms with Gasteiger partial charge in [0.05, 0.1) is 0 Å². The molecule has 0 radical (unpaired) electrons. The predicted molar refractivity (Wildman–Crippen MR) is 85.3 cm³/mol. The maximum Gasteiger partial charge on any atom is 0.0316 e. The van der Waals surface area contributed by atoms with Crippen LogP contribution in [0.15, 0.2) is 24.3 Å². The van der Waals surface area contributed by atoms with Gasteiger partial charge in [-0.05, 0) is 42.9 Å². The first kappa shape index (κ1) is 16.0. The van der Waals surface area contributed by atoms with Crippen LogP contribution in [0.3, 0.4) is 0 Å². The van der Waals surface area contributed by atoms with Crippen LogP contribution in [-0.2, 0) is 6.42 Å². The quantitative estimate of drug-likeness (QED) is 0.719. The van der Waals surface area contributed by atoms with Crippen molar-refractivity contribution in [1.29, 1.82) is 0 Å². The van der Waals surface area contributed by atoms with Gasteiger partial charge in [-0.25, -0.2) is 0 Å². The summed E-state index contributed by atoms with van der Waals surface area (Å²) in [6.45, 7) is 11.5. The first-order valence-corrected chi connectivity index (χ1v) is 7.65. The zero-order chi connectivity index (χ0) is 14.3. The molecule has 0 atom stereocenters. The summed E-state index contributed by atoms with van der Waals surface area (Å²) in [5, 5.41) is 0. The average Bonchev–Trinajstić information content (AvgIpc) is 2.36. The molecular weight excluding hydrogens is 232 g/mol. The van der Waals surface area contributed by atoms with Crippen molar-refractivity contribution < 1.29 is 0 Å². The van der Waals surface area contributed by atoms with E-state index in [1.165, 1.54) is 24.9 Å². The highest BCUT2D eigenvalue weighted by atomic mass is 15.1. The van der Waals surface area contributed by atoms with E-state index >= 15 is 0 Å². The molecule has 0 aliphatic rings. The van der Waals surface area contributed by atoms with Crippen molar-refractivity contribution in [3.8, 4) is 0 Å². The maximum atomic E-state index is 5.84. The van der Waals surface area contributed by atoms with E-state index in [0.29, 0.717) is 6.04 Å². The minimum atomic E-state index is 0.712. The fourth-order valence-electron chi connectivity index (χ4n) is 2.72. The van der Waals surface area contributed by atoms with E-state index < -0.39 is 0 Å². The van der Waals surface area contributed by atoms with Gasteiger partial charge in [0.1, 0.15) is 0 Å². The van der Waals surface area contributed by atoms with Gasteiger partial charge in [-0.2, -0.15) is 0 Å². The summed E-state index contributed by atoms with van der Waals surface area (Å²) in [7, 11) is 0. The molecule has 0 aromatic heterocycles. The van der Waals surface area contributed by atoms with Gasteiger partial charge in [-0.3, -0.25) is 4.90 Å². The van der Waals surface area contributed by atoms with E-state index in [4.69, 9.17) is 5.73 Å². The lowest BCUT2D eigenvalue weighted by Crippen LogP contribution is -2.38. The normalized spacial score (nSPS) is 11.7. The predicted octanol–water partition coefficient (Wildman–Crippen LogP) is 3.96. The van der Waals surface area contributed by atoms with Crippen LogP contribution in [0.1, 0.15) is 46.1 Å². The molecule has 1 rings (SSSR count). The number of anilines is 1. The second-order valence-corrected chi connectivity index (χ2v) is 5.85. The molecule has 0 aliphatic heterocycles. The van der Waals surface area contributed by atoms with Gasteiger partial charge in [-0.15, -0.1) is 0 Å². The van der Waals surface area contributed by atoms with Crippen LogP contribution in [0.2, 0.25) is 0 Å². The van der Waals surface area contributed by atoms with Crippen molar-refractivity contribution >= 4 is 5.69 Å². The van der Waals surface area contributed by atoms with Crippen molar-refractivity contribution in [2.24, 2.45) is 5.92 Å². The van der Waals surface area contributed by atoms with Crippen molar-refractivity contribution in [2.75, 3.05) is 18.8 Å². The fraction of sp³-hybridized carbons (Fsp3) is 0.647. The Kier molecular flexibility index (Phi) is 6.93. The van der Waals surface area contributed by atoms with Gasteiger partial charge in [0.25, 0.3) is 0 Å². The summed E-state index contributed by atoms with van der Waals surface area (Å²) in [4.78, 5) is 2.65. The molecule has 19 heavy (non-hydrogen) atoms. The molecule has 0 bridgehead atoms. The van der Waals surface area contributed by atoms with Crippen molar-refractivity contribution in [3.63, 3.8) is 0 Å². The average molecular weight is 262 g/mol. The number of nitrogen functional groups attached to an aromatic ring is 1. The van der Waals surface area contributed by atoms with E-state index in [9.17, 15) is 0 Å². The van der Waals surface area contributed by atoms with E-state index in [-0.39, 0.29) is 0 Å². The number of hydrogen-bond acceptors (Lipinski definition) is 2. The first-order valence-electron chi connectivity index (χ1n) is 7.65. The lowest BCUT2D eigenvalue weighted by molar-refractivity contribution is 0.168. The van der Waals surface area contributed by atoms with Gasteiger partial charge in [-0.1, -0.05) is 39.8 Å². The van der Waals surface area contributed by atoms with Gasteiger partial charge in [0.2, 0.25) is 0 Å². The largest absolute Gasteiger partial charge is 0.399 e. The van der Waals surface area contributed by atoms with Crippen LogP contribution < -0.4 is 5.73 Å². The Morgan fingerprint density at radius 3 is 2.37 bits per heavy atom. The molecule has 2 nitrogen and oxygen atoms in total. The Morgan fingerprint density at radius 2 is 1.84 bits per heavy atom. The van der Waals surface area contributed by atoms with Gasteiger partial charge < -0.3 is 5.73 Å². The molecule has 0 heterocycles. The standard InChI is InChI=1S/C17H30N2/c1-5-17(6-2)19(13-14(3)4)11-10-15-8-7-9-16(18)12-15/h7-9,12,14,17H,5-6,10-11,13,18H2,1-4H3. The molecule has 2 heteroatoms. The summed E-state index contributed by atoms with van der Waals surface area (Å²) in [6.07, 6.45) is 3.56. The van der Waals surface area contributed by atoms with Crippen LogP contribution in [0.25, 0.3) is 0 Å². The van der Waals surface area contributed by atoms with E-state index in [0.717, 1.165) is 24.6 Å². The molecule has 108 valence electrons. The molecule has 0 amide bonds. The third kappa shape index (κ3) is 5.65. The smallest absolute Gasteiger partial charge is 0.0316 e. The van der Waals surface area contributed by atoms with Gasteiger partial charge >= 0.3 is 0 Å². The first-order chi connectivity index (χ1) is 9.06. The molecule has 0 saturated carbocycles. The summed E-state index contributed by atoms with van der Waals surface area (Å²) in [6, 6.07) is 8.99. The van der Waals surface area contributed by atoms with Crippen LogP contribution in [0.4, 0.5) is 5.69 Å². The lowest BCUT2D eigenvalue weighted by Gasteiger charge is -2.32. The molecule has 2 N–H and O–H groups in total. The van der Waals surface area contributed by atoms with Crippen LogP contribution in [0.5, 0.6) is 0 Å². The summed E-state index contributed by atoms with van der Waals surface area (Å²) in [5.74, 6) is 0.724. The highest BCUT2D eigenvalue weighted by Gasteiger charge is 2.15. The lowest BCUT2D eigenvalue weighted by atomic mass is 10.1. The number of rotatable bonds is 8. The van der Waals surface area contributed by atoms with Crippen molar-refractivity contribution in [2.45, 2.75) is 53.0 Å². The Labute approximate surface area is 119 Å². The summed E-state index contributed by atoms with van der Waals surface area (Å²) < 4.78 is 0. The SMILES string of the molecule is CCC(CC)N(CCc1cccc(N)c1)CC(C)C. The summed E-state index contributed by atoms with van der Waals surface area (Å²) in [5.41, 5.74) is 8.06. The Balaban J connectivity index is 2.61. The van der Waals surface area contributed by atoms with Crippen LogP contribution in [-0.4, -0.2) is 24.0 Å². The minimum absolute atomic E-state index is 0.712. The summed E-state index contributed by atoms with van der Waals surface area (Å²) >= 11 is 0. The Bertz CT molecular complexity index is 356. The van der Waals surface area contributed by atoms with E-state index in [2.05, 4.69) is 50.8 Å². The molecule has 1 aromatic rings. The number of nitrogens with zero attached hydrogens (tertiary/aromatic N) is 1. The van der Waals surface area contributed by atoms with Crippen molar-refractivity contribution in [1.82, 2.24) is 4.90 Å². The van der Waals surface area contributed by atoms with Crippen LogP contribution in [0, 0.1) is 5.92 Å². The molecule has 0 unspecified atom stereocenters. The second kappa shape index (κ2) is 8.21. The Morgan fingerprint density at radius 1 is 1.16 bits per heavy atom. The highest BCUT2D eigenvalue weighted by molar-refractivity contribution is 5.40. The zero-order valence-electron chi connectivity index (χ0n) is 13.0. The topological polar surface area (TPSA) is 29.3 Å². The monoisotopic (exact) mass is 262 g/mol. The van der Waals surface area contributed by atoms with Crippen molar-refractivity contribution in [3.05, 3.63) is 29.8 Å². The number of benzene rings is 1. The third-order valence-corrected chi connectivity index (χ3v) is 3.70. The Hall–Kier alpha value is -1.02. The molecule has 0 spiro atoms. The minimum Gasteiger partial charge on any atom is -0.399 e. The molecule has 0 saturated heterocycles. The third-order valence-electron chi connectivity index (χ3n) is 3.70. The zero-order valence-corrected chi connectivity index (χ0v) is 13.0. The maximum absolute atomic E-state index is 5.84. The van der Waals surface area contributed by atoms with E-state index in [1.807, 2.05) is 6.07 Å². The van der Waals surface area contributed by atoms with Gasteiger partial charge in [0, 0.05) is 24.8 Å². The van der Waals surface area contributed by atoms with Gasteiger partial charge in [0.15, 0.2) is 0 Å². The molecule has 1 aromatic carbocycles. The molecular formula is C17H30N2.